The van der Waals surface area contributed by atoms with Crippen LogP contribution in [0.25, 0.3) is 11.0 Å². The molecule has 12 heavy (non-hydrogen) atoms. The van der Waals surface area contributed by atoms with E-state index in [0.717, 1.165) is 11.0 Å². The highest BCUT2D eigenvalue weighted by atomic mass is 15.3. The Labute approximate surface area is 69.3 Å². The summed E-state index contributed by atoms with van der Waals surface area (Å²) < 4.78 is 0. The number of hydrazone groups is 1. The predicted octanol–water partition coefficient (Wildman–Crippen LogP) is 1.59. The SMILES string of the molecule is C=NNc1nc2ccccc2[nH]1. The summed E-state index contributed by atoms with van der Waals surface area (Å²) in [4.78, 5) is 7.24. The average molecular weight is 160 g/mol. The fourth-order valence-corrected chi connectivity index (χ4v) is 1.08. The van der Waals surface area contributed by atoms with Crippen LogP contribution >= 0.6 is 0 Å². The molecular formula is C8H8N4. The van der Waals surface area contributed by atoms with E-state index in [0.29, 0.717) is 5.95 Å². The van der Waals surface area contributed by atoms with Crippen LogP contribution < -0.4 is 5.43 Å². The lowest BCUT2D eigenvalue weighted by Crippen LogP contribution is -1.87. The maximum atomic E-state index is 4.20. The van der Waals surface area contributed by atoms with Gasteiger partial charge in [-0.15, -0.1) is 0 Å². The molecule has 2 rings (SSSR count). The Kier molecular flexibility index (Phi) is 1.51. The molecule has 0 spiro atoms. The molecule has 0 amide bonds. The number of nitrogens with zero attached hydrogens (tertiary/aromatic N) is 2. The van der Waals surface area contributed by atoms with Crippen molar-refractivity contribution >= 4 is 23.7 Å². The van der Waals surface area contributed by atoms with Crippen LogP contribution in [-0.4, -0.2) is 16.7 Å². The summed E-state index contributed by atoms with van der Waals surface area (Å²) in [5.74, 6) is 0.617. The molecule has 60 valence electrons. The Hall–Kier alpha value is -1.84. The topological polar surface area (TPSA) is 53.1 Å². The zero-order valence-electron chi connectivity index (χ0n) is 6.41. The van der Waals surface area contributed by atoms with E-state index < -0.39 is 0 Å². The summed E-state index contributed by atoms with van der Waals surface area (Å²) in [6, 6.07) is 7.77. The Morgan fingerprint density at radius 3 is 3.00 bits per heavy atom. The van der Waals surface area contributed by atoms with Crippen LogP contribution in [0.3, 0.4) is 0 Å². The van der Waals surface area contributed by atoms with Crippen LogP contribution in [-0.2, 0) is 0 Å². The normalized spacial score (nSPS) is 10.0. The van der Waals surface area contributed by atoms with Crippen LogP contribution in [0, 0.1) is 0 Å². The Morgan fingerprint density at radius 1 is 1.42 bits per heavy atom. The van der Waals surface area contributed by atoms with Crippen molar-refractivity contribution in [2.24, 2.45) is 5.10 Å². The van der Waals surface area contributed by atoms with Gasteiger partial charge in [0.25, 0.3) is 0 Å². The van der Waals surface area contributed by atoms with Gasteiger partial charge in [0.1, 0.15) is 0 Å². The molecular weight excluding hydrogens is 152 g/mol. The minimum atomic E-state index is 0.617. The molecule has 1 heterocycles. The maximum absolute atomic E-state index is 4.20. The van der Waals surface area contributed by atoms with E-state index in [1.165, 1.54) is 0 Å². The van der Waals surface area contributed by atoms with Crippen LogP contribution in [0.15, 0.2) is 29.4 Å². The third-order valence-corrected chi connectivity index (χ3v) is 1.57. The number of nitrogens with one attached hydrogen (secondary N) is 2. The molecule has 0 atom stereocenters. The quantitative estimate of drug-likeness (QED) is 0.517. The molecule has 0 bridgehead atoms. The standard InChI is InChI=1S/C8H8N4/c1-9-12-8-10-6-4-2-3-5-7(6)11-8/h2-5H,1H2,(H2,10,11,12). The largest absolute Gasteiger partial charge is 0.323 e. The number of rotatable bonds is 2. The minimum absolute atomic E-state index is 0.617. The molecule has 0 aliphatic carbocycles. The number of benzene rings is 1. The summed E-state index contributed by atoms with van der Waals surface area (Å²) in [7, 11) is 0. The van der Waals surface area contributed by atoms with Crippen molar-refractivity contribution in [3.05, 3.63) is 24.3 Å². The Bertz CT molecular complexity index is 371. The molecule has 4 nitrogen and oxygen atoms in total. The van der Waals surface area contributed by atoms with Gasteiger partial charge in [-0.25, -0.2) is 10.4 Å². The van der Waals surface area contributed by atoms with Crippen molar-refractivity contribution in [3.63, 3.8) is 0 Å². The molecule has 0 aliphatic heterocycles. The maximum Gasteiger partial charge on any atom is 0.222 e. The van der Waals surface area contributed by atoms with Gasteiger partial charge in [0.15, 0.2) is 0 Å². The van der Waals surface area contributed by atoms with Gasteiger partial charge in [-0.1, -0.05) is 12.1 Å². The lowest BCUT2D eigenvalue weighted by Gasteiger charge is -1.87. The molecule has 1 aromatic heterocycles. The molecule has 0 saturated carbocycles. The summed E-state index contributed by atoms with van der Waals surface area (Å²) in [6.07, 6.45) is 0. The van der Waals surface area contributed by atoms with Crippen molar-refractivity contribution in [2.75, 3.05) is 5.43 Å². The van der Waals surface area contributed by atoms with Crippen molar-refractivity contribution in [1.29, 1.82) is 0 Å². The summed E-state index contributed by atoms with van der Waals surface area (Å²) in [6.45, 7) is 3.31. The van der Waals surface area contributed by atoms with Gasteiger partial charge in [-0.3, -0.25) is 0 Å². The van der Waals surface area contributed by atoms with Crippen LogP contribution in [0.4, 0.5) is 5.95 Å². The number of para-hydroxylation sites is 2. The Morgan fingerprint density at radius 2 is 2.25 bits per heavy atom. The molecule has 2 aromatic rings. The highest BCUT2D eigenvalue weighted by Crippen LogP contribution is 2.12. The van der Waals surface area contributed by atoms with Crippen molar-refractivity contribution in [3.8, 4) is 0 Å². The first-order chi connectivity index (χ1) is 5.90. The fraction of sp³-hybridized carbons (Fsp3) is 0. The molecule has 0 saturated heterocycles. The minimum Gasteiger partial charge on any atom is -0.323 e. The molecule has 4 heteroatoms. The lowest BCUT2D eigenvalue weighted by molar-refractivity contribution is 1.22. The molecule has 0 radical (unpaired) electrons. The number of imidazole rings is 1. The number of anilines is 1. The van der Waals surface area contributed by atoms with Gasteiger partial charge in [0, 0.05) is 6.72 Å². The molecule has 0 aliphatic rings. The smallest absolute Gasteiger partial charge is 0.222 e. The van der Waals surface area contributed by atoms with Gasteiger partial charge < -0.3 is 4.98 Å². The van der Waals surface area contributed by atoms with Gasteiger partial charge in [0.2, 0.25) is 5.95 Å². The van der Waals surface area contributed by atoms with Gasteiger partial charge >= 0.3 is 0 Å². The average Bonchev–Trinajstić information content (AvgIpc) is 2.47. The van der Waals surface area contributed by atoms with Crippen LogP contribution in [0.5, 0.6) is 0 Å². The predicted molar refractivity (Wildman–Crippen MR) is 49.3 cm³/mol. The highest BCUT2D eigenvalue weighted by Gasteiger charge is 1.98. The van der Waals surface area contributed by atoms with E-state index in [1.54, 1.807) is 0 Å². The summed E-state index contributed by atoms with van der Waals surface area (Å²) >= 11 is 0. The number of H-pyrrole nitrogens is 1. The Balaban J connectivity index is 2.54. The zero-order valence-corrected chi connectivity index (χ0v) is 6.41. The van der Waals surface area contributed by atoms with Crippen molar-refractivity contribution in [2.45, 2.75) is 0 Å². The van der Waals surface area contributed by atoms with Gasteiger partial charge in [-0.05, 0) is 12.1 Å². The van der Waals surface area contributed by atoms with E-state index in [9.17, 15) is 0 Å². The van der Waals surface area contributed by atoms with Crippen LogP contribution in [0.2, 0.25) is 0 Å². The second kappa shape index (κ2) is 2.65. The fourth-order valence-electron chi connectivity index (χ4n) is 1.08. The summed E-state index contributed by atoms with van der Waals surface area (Å²) in [5.41, 5.74) is 4.55. The molecule has 0 unspecified atom stereocenters. The van der Waals surface area contributed by atoms with E-state index >= 15 is 0 Å². The number of aromatic nitrogens is 2. The third-order valence-electron chi connectivity index (χ3n) is 1.57. The van der Waals surface area contributed by atoms with E-state index in [1.807, 2.05) is 24.3 Å². The third kappa shape index (κ3) is 1.03. The lowest BCUT2D eigenvalue weighted by atomic mass is 10.3. The van der Waals surface area contributed by atoms with Crippen LogP contribution in [0.1, 0.15) is 0 Å². The number of fused-ring (bicyclic) bond motifs is 1. The molecule has 0 fully saturated rings. The van der Waals surface area contributed by atoms with E-state index in [2.05, 4.69) is 27.2 Å². The van der Waals surface area contributed by atoms with Crippen molar-refractivity contribution < 1.29 is 0 Å². The first kappa shape index (κ1) is 6.84. The van der Waals surface area contributed by atoms with Gasteiger partial charge in [0.05, 0.1) is 11.0 Å². The number of hydrogen-bond acceptors (Lipinski definition) is 3. The first-order valence-corrected chi connectivity index (χ1v) is 3.56. The first-order valence-electron chi connectivity index (χ1n) is 3.56. The highest BCUT2D eigenvalue weighted by molar-refractivity contribution is 5.77. The number of hydrogen-bond donors (Lipinski definition) is 2. The molecule has 2 N–H and O–H groups in total. The number of aromatic amines is 1. The van der Waals surface area contributed by atoms with Gasteiger partial charge in [-0.2, -0.15) is 5.10 Å². The second-order valence-corrected chi connectivity index (χ2v) is 2.37. The summed E-state index contributed by atoms with van der Waals surface area (Å²) in [5, 5.41) is 3.51. The zero-order chi connectivity index (χ0) is 8.39. The van der Waals surface area contributed by atoms with Crippen molar-refractivity contribution in [1.82, 2.24) is 9.97 Å². The molecule has 1 aromatic carbocycles. The second-order valence-electron chi connectivity index (χ2n) is 2.37. The van der Waals surface area contributed by atoms with E-state index in [-0.39, 0.29) is 0 Å². The van der Waals surface area contributed by atoms with E-state index in [4.69, 9.17) is 0 Å². The monoisotopic (exact) mass is 160 g/mol.